The lowest BCUT2D eigenvalue weighted by atomic mass is 9.94. The molecule has 37 heavy (non-hydrogen) atoms. The molecular weight excluding hydrogens is 504 g/mol. The molecule has 2 aromatic carbocycles. The number of carbonyl (C=O) groups excluding carboxylic acids is 1. The van der Waals surface area contributed by atoms with Crippen LogP contribution in [-0.2, 0) is 26.1 Å². The van der Waals surface area contributed by atoms with Crippen LogP contribution < -0.4 is 10.6 Å². The number of urea groups is 1. The summed E-state index contributed by atoms with van der Waals surface area (Å²) in [6, 6.07) is 11.4. The molecule has 2 N–H and O–H groups in total. The van der Waals surface area contributed by atoms with Gasteiger partial charge < -0.3 is 10.1 Å². The lowest BCUT2D eigenvalue weighted by Crippen LogP contribution is -2.42. The molecule has 9 nitrogen and oxygen atoms in total. The van der Waals surface area contributed by atoms with Crippen LogP contribution in [0.5, 0.6) is 0 Å². The zero-order valence-electron chi connectivity index (χ0n) is 20.2. The fourth-order valence-corrected chi connectivity index (χ4v) is 6.49. The lowest BCUT2D eigenvalue weighted by molar-refractivity contribution is 0.159. The third kappa shape index (κ3) is 5.50. The summed E-state index contributed by atoms with van der Waals surface area (Å²) in [5, 5.41) is 10.2. The number of rotatable bonds is 7. The largest absolute Gasteiger partial charge is 0.383 e. The maximum absolute atomic E-state index is 14.0. The van der Waals surface area contributed by atoms with E-state index in [0.29, 0.717) is 48.7 Å². The van der Waals surface area contributed by atoms with Gasteiger partial charge in [-0.05, 0) is 29.8 Å². The Kier molecular flexibility index (Phi) is 6.97. The number of fused-ring (bicyclic) bond motifs is 1. The minimum atomic E-state index is -3.35. The van der Waals surface area contributed by atoms with Crippen molar-refractivity contribution in [2.24, 2.45) is 0 Å². The van der Waals surface area contributed by atoms with Crippen LogP contribution in [0.4, 0.5) is 19.4 Å². The smallest absolute Gasteiger partial charge is 0.320 e. The van der Waals surface area contributed by atoms with E-state index in [1.165, 1.54) is 16.8 Å². The van der Waals surface area contributed by atoms with Gasteiger partial charge in [-0.2, -0.15) is 5.10 Å². The summed E-state index contributed by atoms with van der Waals surface area (Å²) < 4.78 is 59.1. The Balaban J connectivity index is 1.40. The van der Waals surface area contributed by atoms with E-state index in [4.69, 9.17) is 4.74 Å². The summed E-state index contributed by atoms with van der Waals surface area (Å²) in [5.74, 6) is -1.86. The fourth-order valence-electron chi connectivity index (χ4n) is 5.00. The van der Waals surface area contributed by atoms with Gasteiger partial charge in [-0.3, -0.25) is 10.2 Å². The number of halogens is 2. The number of likely N-dealkylation sites (tertiary alicyclic amines) is 1. The molecule has 1 saturated heterocycles. The number of hydrogen-bond acceptors (Lipinski definition) is 6. The molecule has 2 aliphatic heterocycles. The Morgan fingerprint density at radius 3 is 2.54 bits per heavy atom. The second kappa shape index (κ2) is 10.2. The van der Waals surface area contributed by atoms with Crippen LogP contribution >= 0.6 is 0 Å². The van der Waals surface area contributed by atoms with Gasteiger partial charge in [-0.1, -0.05) is 18.2 Å². The molecule has 3 heterocycles. The Morgan fingerprint density at radius 1 is 1.11 bits per heavy atom. The number of benzene rings is 2. The monoisotopic (exact) mass is 531 g/mol. The van der Waals surface area contributed by atoms with Crippen molar-refractivity contribution in [1.82, 2.24) is 20.0 Å². The van der Waals surface area contributed by atoms with Gasteiger partial charge in [0.2, 0.25) is 0 Å². The zero-order chi connectivity index (χ0) is 26.2. The van der Waals surface area contributed by atoms with Crippen LogP contribution in [0.25, 0.3) is 5.69 Å². The summed E-state index contributed by atoms with van der Waals surface area (Å²) in [4.78, 5) is 15.3. The molecule has 2 unspecified atom stereocenters. The van der Waals surface area contributed by atoms with E-state index in [1.807, 2.05) is 18.2 Å². The number of hydrogen-bond donors (Lipinski definition) is 2. The van der Waals surface area contributed by atoms with Crippen LogP contribution in [0.3, 0.4) is 0 Å². The number of methoxy groups -OCH3 is 1. The second-order valence-corrected chi connectivity index (χ2v) is 11.4. The predicted octanol–water partition coefficient (Wildman–Crippen LogP) is 2.81. The molecule has 2 amide bonds. The van der Waals surface area contributed by atoms with Gasteiger partial charge in [0.15, 0.2) is 9.84 Å². The zero-order valence-corrected chi connectivity index (χ0v) is 21.0. The molecule has 3 aromatic rings. The van der Waals surface area contributed by atoms with E-state index in [1.54, 1.807) is 19.2 Å². The number of anilines is 1. The number of sulfone groups is 1. The molecule has 1 fully saturated rings. The molecule has 0 saturated carbocycles. The first-order valence-corrected chi connectivity index (χ1v) is 13.7. The Hall–Kier alpha value is -3.35. The van der Waals surface area contributed by atoms with Gasteiger partial charge in [0.05, 0.1) is 35.5 Å². The first-order valence-electron chi connectivity index (χ1n) is 11.8. The number of ether oxygens (including phenoxy) is 1. The number of carbonyl (C=O) groups is 1. The summed E-state index contributed by atoms with van der Waals surface area (Å²) in [5.41, 5.74) is 1.98. The van der Waals surface area contributed by atoms with Crippen LogP contribution in [0.1, 0.15) is 22.7 Å². The summed E-state index contributed by atoms with van der Waals surface area (Å²) in [6.45, 7) is 1.99. The standard InChI is InChI=1S/C25H27F2N5O4S/c1-36-8-7-31-12-20(16-9-17(26)11-18(27)10-16)22(13-31)28-25(33)29-24-21-14-37(34,35)15-23(21)30-32(24)19-5-3-2-4-6-19/h2-6,9-11,20,22H,7-8,12-15H2,1H3,(H2,28,29,33). The Morgan fingerprint density at radius 2 is 1.84 bits per heavy atom. The summed E-state index contributed by atoms with van der Waals surface area (Å²) >= 11 is 0. The molecule has 1 aromatic heterocycles. The quantitative estimate of drug-likeness (QED) is 0.486. The van der Waals surface area contributed by atoms with Crippen molar-refractivity contribution in [3.63, 3.8) is 0 Å². The molecular formula is C25H27F2N5O4S. The summed E-state index contributed by atoms with van der Waals surface area (Å²) in [7, 11) is -1.76. The van der Waals surface area contributed by atoms with Crippen molar-refractivity contribution in [3.8, 4) is 5.69 Å². The first kappa shape index (κ1) is 25.3. The van der Waals surface area contributed by atoms with Crippen LogP contribution in [0, 0.1) is 11.6 Å². The molecule has 0 radical (unpaired) electrons. The second-order valence-electron chi connectivity index (χ2n) is 9.32. The Labute approximate surface area is 213 Å². The minimum Gasteiger partial charge on any atom is -0.383 e. The normalized spacial score (nSPS) is 20.6. The molecule has 196 valence electrons. The highest BCUT2D eigenvalue weighted by Crippen LogP contribution is 2.33. The van der Waals surface area contributed by atoms with Gasteiger partial charge in [0.25, 0.3) is 0 Å². The van der Waals surface area contributed by atoms with Crippen LogP contribution in [0.2, 0.25) is 0 Å². The molecule has 2 aliphatic rings. The van der Waals surface area contributed by atoms with Gasteiger partial charge >= 0.3 is 6.03 Å². The van der Waals surface area contributed by atoms with E-state index in [2.05, 4.69) is 20.6 Å². The third-order valence-electron chi connectivity index (χ3n) is 6.66. The van der Waals surface area contributed by atoms with Gasteiger partial charge in [0, 0.05) is 44.3 Å². The maximum Gasteiger partial charge on any atom is 0.320 e. The molecule has 0 aliphatic carbocycles. The highest BCUT2D eigenvalue weighted by atomic mass is 32.2. The van der Waals surface area contributed by atoms with Crippen molar-refractivity contribution in [1.29, 1.82) is 0 Å². The van der Waals surface area contributed by atoms with Crippen molar-refractivity contribution in [3.05, 3.63) is 77.0 Å². The van der Waals surface area contributed by atoms with Crippen molar-refractivity contribution < 1.29 is 26.7 Å². The van der Waals surface area contributed by atoms with Gasteiger partial charge in [0.1, 0.15) is 17.5 Å². The predicted molar refractivity (Wildman–Crippen MR) is 133 cm³/mol. The van der Waals surface area contributed by atoms with Gasteiger partial charge in [-0.15, -0.1) is 0 Å². The number of nitrogens with one attached hydrogen (secondary N) is 2. The topological polar surface area (TPSA) is 106 Å². The lowest BCUT2D eigenvalue weighted by Gasteiger charge is -2.21. The highest BCUT2D eigenvalue weighted by Gasteiger charge is 2.37. The average Bonchev–Trinajstić information content (AvgIpc) is 3.48. The van der Waals surface area contributed by atoms with Gasteiger partial charge in [-0.25, -0.2) is 26.7 Å². The average molecular weight is 532 g/mol. The number of aromatic nitrogens is 2. The Bertz CT molecular complexity index is 1390. The maximum atomic E-state index is 14.0. The van der Waals surface area contributed by atoms with Crippen molar-refractivity contribution in [2.75, 3.05) is 38.7 Å². The van der Waals surface area contributed by atoms with Crippen LogP contribution in [-0.4, -0.2) is 68.5 Å². The van der Waals surface area contributed by atoms with E-state index in [0.717, 1.165) is 6.07 Å². The molecule has 12 heteroatoms. The first-order chi connectivity index (χ1) is 17.7. The number of para-hydroxylation sites is 1. The van der Waals surface area contributed by atoms with Crippen LogP contribution in [0.15, 0.2) is 48.5 Å². The van der Waals surface area contributed by atoms with E-state index in [-0.39, 0.29) is 23.2 Å². The minimum absolute atomic E-state index is 0.192. The molecule has 0 bridgehead atoms. The highest BCUT2D eigenvalue weighted by molar-refractivity contribution is 7.90. The third-order valence-corrected chi connectivity index (χ3v) is 8.10. The number of nitrogens with zero attached hydrogens (tertiary/aromatic N) is 3. The molecule has 2 atom stereocenters. The SMILES string of the molecule is COCCN1CC(NC(=O)Nc2c3c(nn2-c2ccccc2)CS(=O)(=O)C3)C(c2cc(F)cc(F)c2)C1. The summed E-state index contributed by atoms with van der Waals surface area (Å²) in [6.07, 6.45) is 0. The van der Waals surface area contributed by atoms with E-state index >= 15 is 0 Å². The van der Waals surface area contributed by atoms with E-state index < -0.39 is 33.5 Å². The molecule has 5 rings (SSSR count). The van der Waals surface area contributed by atoms with Crippen molar-refractivity contribution >= 4 is 21.7 Å². The molecule has 0 spiro atoms. The van der Waals surface area contributed by atoms with E-state index in [9.17, 15) is 22.0 Å². The van der Waals surface area contributed by atoms with Crippen molar-refractivity contribution in [2.45, 2.75) is 23.5 Å². The fraction of sp³-hybridized carbons (Fsp3) is 0.360. The number of amides is 2.